The average molecular weight is 410 g/mol. The zero-order valence-corrected chi connectivity index (χ0v) is 16.6. The number of halogens is 3. The minimum absolute atomic E-state index is 0.0743. The summed E-state index contributed by atoms with van der Waals surface area (Å²) in [4.78, 5) is 12.0. The lowest BCUT2D eigenvalue weighted by molar-refractivity contribution is -0.274. The zero-order chi connectivity index (χ0) is 21.4. The third-order valence-electron chi connectivity index (χ3n) is 3.79. The standard InChI is InChI=1S/C21H25F3N2O3/c1-4-28-19-12-17(26-20(27)10-14(2)3)9-8-15(19)13-25-16-6-5-7-18(11-16)29-21(22,23)24/h5-9,11-12,14,25H,4,10,13H2,1-3H3,(H,26,27). The van der Waals surface area contributed by atoms with Crippen molar-refractivity contribution in [3.8, 4) is 11.5 Å². The molecule has 8 heteroatoms. The minimum atomic E-state index is -4.74. The third kappa shape index (κ3) is 7.93. The smallest absolute Gasteiger partial charge is 0.493 e. The summed E-state index contributed by atoms with van der Waals surface area (Å²) in [7, 11) is 0. The number of hydrogen-bond donors (Lipinski definition) is 2. The number of benzene rings is 2. The molecule has 2 aromatic carbocycles. The van der Waals surface area contributed by atoms with Gasteiger partial charge in [-0.25, -0.2) is 0 Å². The number of nitrogens with one attached hydrogen (secondary N) is 2. The minimum Gasteiger partial charge on any atom is -0.493 e. The SMILES string of the molecule is CCOc1cc(NC(=O)CC(C)C)ccc1CNc1cccc(OC(F)(F)F)c1. The Bertz CT molecular complexity index is 823. The van der Waals surface area contributed by atoms with Crippen LogP contribution in [0.4, 0.5) is 24.5 Å². The Balaban J connectivity index is 2.08. The Labute approximate surface area is 168 Å². The zero-order valence-electron chi connectivity index (χ0n) is 16.6. The predicted molar refractivity (Wildman–Crippen MR) is 106 cm³/mol. The molecular formula is C21H25F3N2O3. The predicted octanol–water partition coefficient (Wildman–Crippen LogP) is 5.58. The molecule has 0 aromatic heterocycles. The van der Waals surface area contributed by atoms with Crippen LogP contribution in [0, 0.1) is 5.92 Å². The Morgan fingerprint density at radius 1 is 1.10 bits per heavy atom. The summed E-state index contributed by atoms with van der Waals surface area (Å²) in [6.07, 6.45) is -4.32. The average Bonchev–Trinajstić information content (AvgIpc) is 2.59. The van der Waals surface area contributed by atoms with Gasteiger partial charge in [0.1, 0.15) is 11.5 Å². The van der Waals surface area contributed by atoms with Gasteiger partial charge in [-0.15, -0.1) is 13.2 Å². The molecule has 2 rings (SSSR count). The monoisotopic (exact) mass is 410 g/mol. The topological polar surface area (TPSA) is 59.6 Å². The van der Waals surface area contributed by atoms with Crippen LogP contribution in [-0.4, -0.2) is 18.9 Å². The molecule has 0 fully saturated rings. The van der Waals surface area contributed by atoms with E-state index in [-0.39, 0.29) is 17.6 Å². The molecule has 0 aliphatic carbocycles. The van der Waals surface area contributed by atoms with E-state index in [1.165, 1.54) is 18.2 Å². The lowest BCUT2D eigenvalue weighted by Gasteiger charge is -2.15. The first kappa shape index (κ1) is 22.4. The Hall–Kier alpha value is -2.90. The molecule has 29 heavy (non-hydrogen) atoms. The van der Waals surface area contributed by atoms with Crippen molar-refractivity contribution in [3.05, 3.63) is 48.0 Å². The van der Waals surface area contributed by atoms with Crippen molar-refractivity contribution in [2.75, 3.05) is 17.2 Å². The third-order valence-corrected chi connectivity index (χ3v) is 3.79. The van der Waals surface area contributed by atoms with E-state index in [0.29, 0.717) is 36.7 Å². The van der Waals surface area contributed by atoms with Crippen molar-refractivity contribution in [1.82, 2.24) is 0 Å². The maximum Gasteiger partial charge on any atom is 0.573 e. The summed E-state index contributed by atoms with van der Waals surface area (Å²) >= 11 is 0. The van der Waals surface area contributed by atoms with Gasteiger partial charge in [0, 0.05) is 42.0 Å². The molecule has 0 saturated heterocycles. The number of ether oxygens (including phenoxy) is 2. The molecule has 0 atom stereocenters. The highest BCUT2D eigenvalue weighted by Gasteiger charge is 2.31. The van der Waals surface area contributed by atoms with Crippen molar-refractivity contribution in [1.29, 1.82) is 0 Å². The number of carbonyl (C=O) groups is 1. The van der Waals surface area contributed by atoms with Crippen molar-refractivity contribution < 1.29 is 27.4 Å². The van der Waals surface area contributed by atoms with E-state index >= 15 is 0 Å². The number of hydrogen-bond acceptors (Lipinski definition) is 4. The second kappa shape index (κ2) is 10.0. The van der Waals surface area contributed by atoms with E-state index in [9.17, 15) is 18.0 Å². The van der Waals surface area contributed by atoms with Crippen LogP contribution in [0.5, 0.6) is 11.5 Å². The fourth-order valence-electron chi connectivity index (χ4n) is 2.65. The molecule has 2 aromatic rings. The summed E-state index contributed by atoms with van der Waals surface area (Å²) < 4.78 is 46.7. The molecule has 0 unspecified atom stereocenters. The largest absolute Gasteiger partial charge is 0.573 e. The molecule has 1 amide bonds. The summed E-state index contributed by atoms with van der Waals surface area (Å²) in [6.45, 7) is 6.54. The maximum atomic E-state index is 12.4. The van der Waals surface area contributed by atoms with Crippen LogP contribution in [0.25, 0.3) is 0 Å². The summed E-state index contributed by atoms with van der Waals surface area (Å²) in [5.41, 5.74) is 1.91. The Kier molecular flexibility index (Phi) is 7.75. The first-order chi connectivity index (χ1) is 13.7. The highest BCUT2D eigenvalue weighted by molar-refractivity contribution is 5.91. The fourth-order valence-corrected chi connectivity index (χ4v) is 2.65. The van der Waals surface area contributed by atoms with Gasteiger partial charge < -0.3 is 20.1 Å². The van der Waals surface area contributed by atoms with Crippen LogP contribution in [-0.2, 0) is 11.3 Å². The van der Waals surface area contributed by atoms with Gasteiger partial charge in [0.05, 0.1) is 6.61 Å². The number of carbonyl (C=O) groups excluding carboxylic acids is 1. The molecule has 0 radical (unpaired) electrons. The molecular weight excluding hydrogens is 385 g/mol. The van der Waals surface area contributed by atoms with Crippen LogP contribution in [0.2, 0.25) is 0 Å². The van der Waals surface area contributed by atoms with Crippen molar-refractivity contribution in [2.45, 2.75) is 40.1 Å². The van der Waals surface area contributed by atoms with Gasteiger partial charge in [-0.3, -0.25) is 4.79 Å². The molecule has 5 nitrogen and oxygen atoms in total. The number of amides is 1. The second-order valence-electron chi connectivity index (χ2n) is 6.83. The summed E-state index contributed by atoms with van der Waals surface area (Å²) in [5, 5.41) is 5.90. The number of anilines is 2. The van der Waals surface area contributed by atoms with Crippen molar-refractivity contribution >= 4 is 17.3 Å². The van der Waals surface area contributed by atoms with E-state index in [0.717, 1.165) is 5.56 Å². The first-order valence-electron chi connectivity index (χ1n) is 9.31. The van der Waals surface area contributed by atoms with E-state index < -0.39 is 6.36 Å². The van der Waals surface area contributed by atoms with Gasteiger partial charge in [-0.05, 0) is 31.0 Å². The lowest BCUT2D eigenvalue weighted by atomic mass is 10.1. The van der Waals surface area contributed by atoms with Gasteiger partial charge >= 0.3 is 6.36 Å². The highest BCUT2D eigenvalue weighted by Crippen LogP contribution is 2.27. The molecule has 0 saturated carbocycles. The van der Waals surface area contributed by atoms with Crippen LogP contribution < -0.4 is 20.1 Å². The lowest BCUT2D eigenvalue weighted by Crippen LogP contribution is -2.17. The molecule has 2 N–H and O–H groups in total. The normalized spacial score (nSPS) is 11.3. The Morgan fingerprint density at radius 3 is 2.52 bits per heavy atom. The van der Waals surface area contributed by atoms with Crippen LogP contribution in [0.15, 0.2) is 42.5 Å². The van der Waals surface area contributed by atoms with Gasteiger partial charge in [0.25, 0.3) is 0 Å². The van der Waals surface area contributed by atoms with Gasteiger partial charge in [-0.2, -0.15) is 0 Å². The first-order valence-corrected chi connectivity index (χ1v) is 9.31. The van der Waals surface area contributed by atoms with E-state index in [1.54, 1.807) is 24.3 Å². The molecule has 0 bridgehead atoms. The maximum absolute atomic E-state index is 12.4. The van der Waals surface area contributed by atoms with Crippen molar-refractivity contribution in [3.63, 3.8) is 0 Å². The van der Waals surface area contributed by atoms with Crippen LogP contribution in [0.1, 0.15) is 32.8 Å². The molecule has 0 heterocycles. The van der Waals surface area contributed by atoms with E-state index in [4.69, 9.17) is 4.74 Å². The fraction of sp³-hybridized carbons (Fsp3) is 0.381. The molecule has 0 aliphatic rings. The van der Waals surface area contributed by atoms with E-state index in [2.05, 4.69) is 15.4 Å². The molecule has 0 aliphatic heterocycles. The Morgan fingerprint density at radius 2 is 1.86 bits per heavy atom. The van der Waals surface area contributed by atoms with Crippen molar-refractivity contribution in [2.24, 2.45) is 5.92 Å². The second-order valence-corrected chi connectivity index (χ2v) is 6.83. The quantitative estimate of drug-likeness (QED) is 0.567. The molecule has 158 valence electrons. The highest BCUT2D eigenvalue weighted by atomic mass is 19.4. The van der Waals surface area contributed by atoms with E-state index in [1.807, 2.05) is 20.8 Å². The van der Waals surface area contributed by atoms with Gasteiger partial charge in [-0.1, -0.05) is 26.0 Å². The van der Waals surface area contributed by atoms with Crippen LogP contribution >= 0.6 is 0 Å². The summed E-state index contributed by atoms with van der Waals surface area (Å²) in [6, 6.07) is 10.9. The number of rotatable bonds is 9. The number of alkyl halides is 3. The van der Waals surface area contributed by atoms with Gasteiger partial charge in [0.15, 0.2) is 0 Å². The summed E-state index contributed by atoms with van der Waals surface area (Å²) in [5.74, 6) is 0.470. The van der Waals surface area contributed by atoms with Crippen LogP contribution in [0.3, 0.4) is 0 Å². The van der Waals surface area contributed by atoms with Gasteiger partial charge in [0.2, 0.25) is 5.91 Å². The molecule has 0 spiro atoms.